The van der Waals surface area contributed by atoms with Gasteiger partial charge in [-0.3, -0.25) is 9.69 Å². The summed E-state index contributed by atoms with van der Waals surface area (Å²) in [6, 6.07) is 2.22. The smallest absolute Gasteiger partial charge is 0.237 e. The second kappa shape index (κ2) is 6.05. The Morgan fingerprint density at radius 2 is 1.96 bits per heavy atom. The summed E-state index contributed by atoms with van der Waals surface area (Å²) in [7, 11) is 0. The molecule has 2 saturated heterocycles. The molecule has 2 fully saturated rings. The molecule has 0 saturated carbocycles. The maximum Gasteiger partial charge on any atom is 0.237 e. The van der Waals surface area contributed by atoms with Crippen molar-refractivity contribution in [3.63, 3.8) is 0 Å². The van der Waals surface area contributed by atoms with E-state index in [0.717, 1.165) is 69.6 Å². The number of amides is 1. The number of carbonyl (C=O) groups excluding carboxylic acids is 1. The van der Waals surface area contributed by atoms with Gasteiger partial charge in [0.2, 0.25) is 5.91 Å². The van der Waals surface area contributed by atoms with Crippen molar-refractivity contribution >= 4 is 11.6 Å². The van der Waals surface area contributed by atoms with Gasteiger partial charge in [0, 0.05) is 12.5 Å². The monoisotopic (exact) mass is 340 g/mol. The Hall–Kier alpha value is -2.02. The van der Waals surface area contributed by atoms with Gasteiger partial charge >= 0.3 is 0 Å². The van der Waals surface area contributed by atoms with Crippen LogP contribution in [0.5, 0.6) is 0 Å². The van der Waals surface area contributed by atoms with Crippen LogP contribution in [-0.2, 0) is 17.6 Å². The zero-order valence-corrected chi connectivity index (χ0v) is 14.4. The molecule has 3 aliphatic rings. The van der Waals surface area contributed by atoms with Gasteiger partial charge in [-0.2, -0.15) is 9.61 Å². The molecule has 0 bridgehead atoms. The first kappa shape index (κ1) is 15.3. The number of hydrogen-bond acceptors (Lipinski definition) is 5. The highest BCUT2D eigenvalue weighted by atomic mass is 16.2. The number of likely N-dealkylation sites (tertiary alicyclic amines) is 1. The predicted molar refractivity (Wildman–Crippen MR) is 92.4 cm³/mol. The van der Waals surface area contributed by atoms with Gasteiger partial charge in [-0.25, -0.2) is 0 Å². The molecule has 1 aliphatic carbocycles. The number of hydrogen-bond donors (Lipinski definition) is 1. The maximum atomic E-state index is 12.1. The maximum absolute atomic E-state index is 12.1. The molecule has 4 heterocycles. The Morgan fingerprint density at radius 3 is 2.80 bits per heavy atom. The molecule has 1 unspecified atom stereocenters. The fraction of sp³-hybridized carbons (Fsp3) is 0.667. The third-order valence-corrected chi connectivity index (χ3v) is 6.04. The Balaban J connectivity index is 1.34. The van der Waals surface area contributed by atoms with Crippen LogP contribution in [0.15, 0.2) is 6.07 Å². The highest BCUT2D eigenvalue weighted by Crippen LogP contribution is 2.30. The van der Waals surface area contributed by atoms with E-state index in [1.54, 1.807) is 0 Å². The van der Waals surface area contributed by atoms with Gasteiger partial charge in [-0.15, -0.1) is 10.2 Å². The number of aryl methyl sites for hydroxylation is 2. The Labute approximate surface area is 146 Å². The average molecular weight is 340 g/mol. The first-order valence-electron chi connectivity index (χ1n) is 9.55. The van der Waals surface area contributed by atoms with Crippen LogP contribution < -0.4 is 5.32 Å². The first-order valence-corrected chi connectivity index (χ1v) is 9.55. The van der Waals surface area contributed by atoms with E-state index in [4.69, 9.17) is 5.10 Å². The zero-order valence-electron chi connectivity index (χ0n) is 14.4. The van der Waals surface area contributed by atoms with E-state index in [1.807, 2.05) is 4.52 Å². The molecule has 2 aromatic heterocycles. The van der Waals surface area contributed by atoms with Crippen LogP contribution in [0.2, 0.25) is 0 Å². The summed E-state index contributed by atoms with van der Waals surface area (Å²) >= 11 is 0. The van der Waals surface area contributed by atoms with Gasteiger partial charge in [0.05, 0.1) is 11.7 Å². The van der Waals surface area contributed by atoms with Crippen molar-refractivity contribution in [1.29, 1.82) is 0 Å². The molecular weight excluding hydrogens is 316 g/mol. The molecule has 1 N–H and O–H groups in total. The molecule has 0 radical (unpaired) electrons. The molecule has 5 rings (SSSR count). The van der Waals surface area contributed by atoms with Crippen LogP contribution in [-0.4, -0.2) is 56.3 Å². The fourth-order valence-corrected chi connectivity index (χ4v) is 4.62. The molecule has 25 heavy (non-hydrogen) atoms. The van der Waals surface area contributed by atoms with Crippen LogP contribution >= 0.6 is 0 Å². The molecule has 7 heteroatoms. The number of piperidine rings is 2. The molecule has 0 aromatic carbocycles. The van der Waals surface area contributed by atoms with Crippen molar-refractivity contribution in [2.75, 3.05) is 19.6 Å². The van der Waals surface area contributed by atoms with Crippen molar-refractivity contribution in [3.8, 4) is 0 Å². The predicted octanol–water partition coefficient (Wildman–Crippen LogP) is 1.07. The summed E-state index contributed by atoms with van der Waals surface area (Å²) in [6.45, 7) is 2.72. The van der Waals surface area contributed by atoms with E-state index in [0.29, 0.717) is 5.92 Å². The van der Waals surface area contributed by atoms with Crippen LogP contribution in [0.25, 0.3) is 5.65 Å². The molecule has 1 amide bonds. The Morgan fingerprint density at radius 1 is 1.08 bits per heavy atom. The van der Waals surface area contributed by atoms with Gasteiger partial charge in [0.1, 0.15) is 0 Å². The largest absolute Gasteiger partial charge is 0.355 e. The van der Waals surface area contributed by atoms with Crippen molar-refractivity contribution in [3.05, 3.63) is 23.1 Å². The third kappa shape index (κ3) is 2.61. The lowest BCUT2D eigenvalue weighted by atomic mass is 9.93. The second-order valence-electron chi connectivity index (χ2n) is 7.56. The quantitative estimate of drug-likeness (QED) is 0.885. The van der Waals surface area contributed by atoms with Crippen LogP contribution in [0.1, 0.15) is 55.1 Å². The second-order valence-corrected chi connectivity index (χ2v) is 7.56. The minimum Gasteiger partial charge on any atom is -0.355 e. The molecule has 2 aromatic rings. The highest BCUT2D eigenvalue weighted by molar-refractivity contribution is 5.82. The molecule has 132 valence electrons. The summed E-state index contributed by atoms with van der Waals surface area (Å²) in [5.41, 5.74) is 3.43. The van der Waals surface area contributed by atoms with Crippen molar-refractivity contribution in [1.82, 2.24) is 30.0 Å². The number of fused-ring (bicyclic) bond motifs is 2. The van der Waals surface area contributed by atoms with Crippen LogP contribution in [0.3, 0.4) is 0 Å². The summed E-state index contributed by atoms with van der Waals surface area (Å²) < 4.78 is 1.97. The Bertz CT molecular complexity index is 807. The van der Waals surface area contributed by atoms with E-state index in [9.17, 15) is 4.79 Å². The van der Waals surface area contributed by atoms with Crippen molar-refractivity contribution in [2.45, 2.75) is 56.9 Å². The number of nitrogens with one attached hydrogen (secondary N) is 1. The molecular formula is C18H24N6O. The van der Waals surface area contributed by atoms with E-state index in [2.05, 4.69) is 26.5 Å². The summed E-state index contributed by atoms with van der Waals surface area (Å²) in [5.74, 6) is 1.58. The number of aromatic nitrogens is 4. The normalized spacial score (nSPS) is 25.3. The van der Waals surface area contributed by atoms with E-state index in [1.165, 1.54) is 17.7 Å². The zero-order chi connectivity index (χ0) is 16.8. The van der Waals surface area contributed by atoms with Crippen LogP contribution in [0.4, 0.5) is 0 Å². The third-order valence-electron chi connectivity index (χ3n) is 6.04. The number of carbonyl (C=O) groups is 1. The first-order chi connectivity index (χ1) is 12.3. The van der Waals surface area contributed by atoms with Gasteiger partial charge in [0.15, 0.2) is 11.5 Å². The van der Waals surface area contributed by atoms with E-state index in [-0.39, 0.29) is 11.9 Å². The lowest BCUT2D eigenvalue weighted by Gasteiger charge is -2.37. The van der Waals surface area contributed by atoms with Crippen molar-refractivity contribution < 1.29 is 4.79 Å². The van der Waals surface area contributed by atoms with Gasteiger partial charge in [-0.05, 0) is 69.7 Å². The van der Waals surface area contributed by atoms with Crippen molar-refractivity contribution in [2.24, 2.45) is 0 Å². The summed E-state index contributed by atoms with van der Waals surface area (Å²) in [5, 5.41) is 16.7. The SMILES string of the molecule is O=C1NCCCC1N1CCC(c2nnc3cc4c(nn23)CCC4)CC1. The molecule has 7 nitrogen and oxygen atoms in total. The minimum absolute atomic E-state index is 0.0613. The lowest BCUT2D eigenvalue weighted by molar-refractivity contribution is -0.128. The number of nitrogens with zero attached hydrogens (tertiary/aromatic N) is 5. The minimum atomic E-state index is 0.0613. The average Bonchev–Trinajstić information content (AvgIpc) is 3.26. The molecule has 1 atom stereocenters. The standard InChI is InChI=1S/C18H24N6O/c25-18-15(5-2-8-19-18)23-9-6-12(7-10-23)17-21-20-16-11-13-3-1-4-14(13)22-24(16)17/h11-12,15H,1-10H2,(H,19,25). The van der Waals surface area contributed by atoms with Crippen LogP contribution in [0, 0.1) is 0 Å². The van der Waals surface area contributed by atoms with Gasteiger partial charge in [0.25, 0.3) is 0 Å². The summed E-state index contributed by atoms with van der Waals surface area (Å²) in [4.78, 5) is 14.4. The number of rotatable bonds is 2. The molecule has 0 spiro atoms. The van der Waals surface area contributed by atoms with E-state index < -0.39 is 0 Å². The topological polar surface area (TPSA) is 75.4 Å². The Kier molecular flexibility index (Phi) is 3.69. The van der Waals surface area contributed by atoms with Gasteiger partial charge in [-0.1, -0.05) is 0 Å². The molecule has 2 aliphatic heterocycles. The lowest BCUT2D eigenvalue weighted by Crippen LogP contribution is -2.52. The highest BCUT2D eigenvalue weighted by Gasteiger charge is 2.33. The summed E-state index contributed by atoms with van der Waals surface area (Å²) in [6.07, 6.45) is 7.48. The van der Waals surface area contributed by atoms with Gasteiger partial charge < -0.3 is 5.32 Å². The fourth-order valence-electron chi connectivity index (χ4n) is 4.62. The van der Waals surface area contributed by atoms with E-state index >= 15 is 0 Å².